The number of thiazole rings is 1. The number of halogens is 2. The number of nitrogens with two attached hydrogens (primary N) is 1. The highest BCUT2D eigenvalue weighted by molar-refractivity contribution is 7.09. The summed E-state index contributed by atoms with van der Waals surface area (Å²) in [5.41, 5.74) is 6.28. The molecular formula is C17H18F2N4O3S. The first-order chi connectivity index (χ1) is 13.0. The van der Waals surface area contributed by atoms with E-state index in [4.69, 9.17) is 5.73 Å². The first-order valence-corrected chi connectivity index (χ1v) is 9.17. The van der Waals surface area contributed by atoms with Gasteiger partial charge in [0.05, 0.1) is 0 Å². The molecule has 1 aliphatic heterocycles. The molecule has 0 radical (unpaired) electrons. The third-order valence-corrected chi connectivity index (χ3v) is 4.95. The van der Waals surface area contributed by atoms with Crippen LogP contribution in [0.5, 0.6) is 5.75 Å². The molecule has 0 spiro atoms. The van der Waals surface area contributed by atoms with Gasteiger partial charge in [-0.15, -0.1) is 11.3 Å². The normalized spacial score (nSPS) is 17.3. The predicted molar refractivity (Wildman–Crippen MR) is 95.9 cm³/mol. The molecule has 3 rings (SSSR count). The van der Waals surface area contributed by atoms with Crippen molar-refractivity contribution >= 4 is 28.8 Å². The van der Waals surface area contributed by atoms with E-state index in [0.29, 0.717) is 30.1 Å². The molecule has 1 aromatic carbocycles. The van der Waals surface area contributed by atoms with Gasteiger partial charge in [0.1, 0.15) is 22.5 Å². The van der Waals surface area contributed by atoms with Crippen LogP contribution in [-0.4, -0.2) is 36.0 Å². The topological polar surface area (TPSA) is 97.5 Å². The minimum absolute atomic E-state index is 0.0160. The van der Waals surface area contributed by atoms with Gasteiger partial charge in [-0.25, -0.2) is 4.98 Å². The van der Waals surface area contributed by atoms with Crippen LogP contribution in [0.15, 0.2) is 29.6 Å². The summed E-state index contributed by atoms with van der Waals surface area (Å²) in [6, 6.07) is 5.15. The first-order valence-electron chi connectivity index (χ1n) is 8.29. The van der Waals surface area contributed by atoms with Crippen molar-refractivity contribution in [3.63, 3.8) is 0 Å². The summed E-state index contributed by atoms with van der Waals surface area (Å²) < 4.78 is 28.8. The minimum Gasteiger partial charge on any atom is -0.435 e. The second kappa shape index (κ2) is 8.40. The van der Waals surface area contributed by atoms with Gasteiger partial charge < -0.3 is 20.7 Å². The van der Waals surface area contributed by atoms with E-state index in [9.17, 15) is 18.4 Å². The summed E-state index contributed by atoms with van der Waals surface area (Å²) in [5.74, 6) is -0.666. The maximum absolute atomic E-state index is 12.7. The summed E-state index contributed by atoms with van der Waals surface area (Å²) in [6.07, 6.45) is 1.21. The number of nitrogens with one attached hydrogen (secondary N) is 1. The largest absolute Gasteiger partial charge is 0.435 e. The molecule has 1 unspecified atom stereocenters. The van der Waals surface area contributed by atoms with Gasteiger partial charge in [0.2, 0.25) is 5.91 Å². The number of amides is 2. The summed E-state index contributed by atoms with van der Waals surface area (Å²) in [5, 5.41) is 4.95. The van der Waals surface area contributed by atoms with Crippen LogP contribution < -0.4 is 20.7 Å². The third-order valence-electron chi connectivity index (χ3n) is 4.08. The van der Waals surface area contributed by atoms with Crippen molar-refractivity contribution in [3.8, 4) is 5.75 Å². The molecule has 27 heavy (non-hydrogen) atoms. The number of ether oxygens (including phenoxy) is 1. The van der Waals surface area contributed by atoms with Crippen LogP contribution in [0.2, 0.25) is 0 Å². The molecule has 1 aromatic heterocycles. The number of anilines is 1. The van der Waals surface area contributed by atoms with Gasteiger partial charge in [-0.1, -0.05) is 0 Å². The van der Waals surface area contributed by atoms with Gasteiger partial charge in [-0.2, -0.15) is 8.78 Å². The Morgan fingerprint density at radius 1 is 1.41 bits per heavy atom. The molecule has 10 heteroatoms. The van der Waals surface area contributed by atoms with Gasteiger partial charge in [-0.3, -0.25) is 9.59 Å². The molecule has 1 fully saturated rings. The molecule has 3 N–H and O–H groups in total. The molecule has 0 bridgehead atoms. The van der Waals surface area contributed by atoms with Gasteiger partial charge in [0, 0.05) is 24.2 Å². The number of nitrogens with zero attached hydrogens (tertiary/aromatic N) is 2. The maximum Gasteiger partial charge on any atom is 0.387 e. The molecule has 144 valence electrons. The monoisotopic (exact) mass is 396 g/mol. The lowest BCUT2D eigenvalue weighted by Gasteiger charge is -2.32. The minimum atomic E-state index is -2.91. The van der Waals surface area contributed by atoms with Crippen LogP contribution in [0, 0.1) is 0 Å². The molecule has 1 atom stereocenters. The Hall–Kier alpha value is -2.59. The van der Waals surface area contributed by atoms with E-state index in [2.05, 4.69) is 15.0 Å². The van der Waals surface area contributed by atoms with E-state index in [1.165, 1.54) is 40.5 Å². The zero-order chi connectivity index (χ0) is 19.4. The van der Waals surface area contributed by atoms with E-state index in [-0.39, 0.29) is 23.9 Å². The molecule has 1 saturated heterocycles. The second-order valence-electron chi connectivity index (χ2n) is 5.86. The van der Waals surface area contributed by atoms with E-state index in [1.807, 2.05) is 0 Å². The smallest absolute Gasteiger partial charge is 0.387 e. The van der Waals surface area contributed by atoms with Crippen molar-refractivity contribution in [2.75, 3.05) is 11.4 Å². The van der Waals surface area contributed by atoms with Gasteiger partial charge in [0.25, 0.3) is 5.91 Å². The number of hydrogen-bond acceptors (Lipinski definition) is 6. The van der Waals surface area contributed by atoms with Gasteiger partial charge >= 0.3 is 6.61 Å². The number of aromatic nitrogens is 1. The average Bonchev–Trinajstić information content (AvgIpc) is 3.13. The molecule has 0 saturated carbocycles. The van der Waals surface area contributed by atoms with Crippen molar-refractivity contribution in [3.05, 3.63) is 40.3 Å². The Morgan fingerprint density at radius 2 is 2.15 bits per heavy atom. The fraction of sp³-hybridized carbons (Fsp3) is 0.353. The van der Waals surface area contributed by atoms with Crippen LogP contribution in [0.3, 0.4) is 0 Å². The first kappa shape index (κ1) is 19.2. The molecular weight excluding hydrogens is 378 g/mol. The lowest BCUT2D eigenvalue weighted by atomic mass is 10.0. The zero-order valence-electron chi connectivity index (χ0n) is 14.2. The Labute approximate surface area is 158 Å². The molecule has 0 aliphatic carbocycles. The molecule has 2 heterocycles. The predicted octanol–water partition coefficient (Wildman–Crippen LogP) is 2.13. The summed E-state index contributed by atoms with van der Waals surface area (Å²) >= 11 is 1.29. The Balaban J connectivity index is 1.67. The third kappa shape index (κ3) is 4.58. The van der Waals surface area contributed by atoms with E-state index in [1.54, 1.807) is 5.38 Å². The van der Waals surface area contributed by atoms with Crippen molar-refractivity contribution < 1.29 is 23.1 Å². The number of rotatable bonds is 6. The van der Waals surface area contributed by atoms with Crippen molar-refractivity contribution in [1.82, 2.24) is 10.3 Å². The molecule has 7 nitrogen and oxygen atoms in total. The average molecular weight is 396 g/mol. The number of hydrogen-bond donors (Lipinski definition) is 2. The Morgan fingerprint density at radius 3 is 2.78 bits per heavy atom. The van der Waals surface area contributed by atoms with Crippen LogP contribution in [0.1, 0.15) is 28.3 Å². The summed E-state index contributed by atoms with van der Waals surface area (Å²) in [4.78, 5) is 30.7. The Kier molecular flexibility index (Phi) is 5.97. The lowest BCUT2D eigenvalue weighted by Crippen LogP contribution is -2.52. The Bertz CT molecular complexity index is 813. The number of alkyl halides is 2. The quantitative estimate of drug-likeness (QED) is 0.780. The summed E-state index contributed by atoms with van der Waals surface area (Å²) in [6.45, 7) is -2.18. The highest BCUT2D eigenvalue weighted by Gasteiger charge is 2.31. The van der Waals surface area contributed by atoms with Gasteiger partial charge in [0.15, 0.2) is 0 Å². The highest BCUT2D eigenvalue weighted by Crippen LogP contribution is 2.25. The zero-order valence-corrected chi connectivity index (χ0v) is 15.0. The van der Waals surface area contributed by atoms with E-state index >= 15 is 0 Å². The highest BCUT2D eigenvalue weighted by atomic mass is 32.1. The van der Waals surface area contributed by atoms with Crippen LogP contribution in [0.4, 0.5) is 14.5 Å². The number of carbonyl (C=O) groups excluding carboxylic acids is 2. The number of benzene rings is 1. The van der Waals surface area contributed by atoms with Crippen LogP contribution >= 0.6 is 11.3 Å². The fourth-order valence-electron chi connectivity index (χ4n) is 2.81. The van der Waals surface area contributed by atoms with Crippen LogP contribution in [0.25, 0.3) is 0 Å². The number of piperidine rings is 1. The summed E-state index contributed by atoms with van der Waals surface area (Å²) in [7, 11) is 0. The maximum atomic E-state index is 12.7. The van der Waals surface area contributed by atoms with Crippen LogP contribution in [-0.2, 0) is 11.3 Å². The molecule has 2 amide bonds. The van der Waals surface area contributed by atoms with E-state index in [0.717, 1.165) is 0 Å². The fourth-order valence-corrected chi connectivity index (χ4v) is 3.47. The number of carbonyl (C=O) groups is 2. The SMILES string of the molecule is NCc1nc(C(=O)NC2CCCN(c3ccc(OC(F)F)cc3)C2=O)cs1. The van der Waals surface area contributed by atoms with Crippen molar-refractivity contribution in [1.29, 1.82) is 0 Å². The second-order valence-corrected chi connectivity index (χ2v) is 6.80. The van der Waals surface area contributed by atoms with E-state index < -0.39 is 18.6 Å². The standard InChI is InChI=1S/C17H18F2N4O3S/c18-17(19)26-11-5-3-10(4-6-11)23-7-1-2-12(16(23)25)22-15(24)13-9-27-14(8-20)21-13/h3-6,9,12,17H,1-2,7-8,20H2,(H,22,24). The van der Waals surface area contributed by atoms with Crippen molar-refractivity contribution in [2.24, 2.45) is 5.73 Å². The van der Waals surface area contributed by atoms with Gasteiger partial charge in [-0.05, 0) is 37.1 Å². The molecule has 1 aliphatic rings. The lowest BCUT2D eigenvalue weighted by molar-refractivity contribution is -0.121. The molecule has 2 aromatic rings. The van der Waals surface area contributed by atoms with Crippen molar-refractivity contribution in [2.45, 2.75) is 32.0 Å².